The predicted molar refractivity (Wildman–Crippen MR) is 181 cm³/mol. The van der Waals surface area contributed by atoms with Crippen LogP contribution < -0.4 is 5.32 Å². The first kappa shape index (κ1) is 32.4. The van der Waals surface area contributed by atoms with Crippen molar-refractivity contribution in [2.24, 2.45) is 0 Å². The second-order valence-electron chi connectivity index (χ2n) is 12.7. The van der Waals surface area contributed by atoms with Crippen LogP contribution in [0.2, 0.25) is 0 Å². The van der Waals surface area contributed by atoms with Crippen LogP contribution in [0.3, 0.4) is 0 Å². The number of aromatic nitrogens is 1. The smallest absolute Gasteiger partial charge is 0.263 e. The van der Waals surface area contributed by atoms with Gasteiger partial charge in [0.1, 0.15) is 11.9 Å². The fourth-order valence-electron chi connectivity index (χ4n) is 6.98. The van der Waals surface area contributed by atoms with E-state index in [1.54, 1.807) is 30.1 Å². The summed E-state index contributed by atoms with van der Waals surface area (Å²) in [6.45, 7) is 0.411. The number of thioether (sulfide) groups is 1. The number of H-pyrrole nitrogens is 1. The standard InChI is InChI=1S/C37H33FN4O6S/c1-41(19-20-10-12-21(13-11-20)34-23-5-2-7-28(43)25-17-22(38)18-26(39-34)32(23)25)31(45)9-4-16-49-29-8-3-6-24-33(29)37(48)42(36(24)47)27-14-15-30(44)40-35(27)46/h3,6,8,10-13,17-18,27,39H,2,4-5,7,9,14-16,19H2,1H3,(H,40,44,46). The van der Waals surface area contributed by atoms with Gasteiger partial charge in [-0.05, 0) is 72.4 Å². The van der Waals surface area contributed by atoms with Gasteiger partial charge in [-0.15, -0.1) is 11.8 Å². The maximum Gasteiger partial charge on any atom is 0.263 e. The van der Waals surface area contributed by atoms with Gasteiger partial charge in [0.2, 0.25) is 17.7 Å². The largest absolute Gasteiger partial charge is 0.354 e. The van der Waals surface area contributed by atoms with Crippen molar-refractivity contribution in [2.45, 2.75) is 62.4 Å². The minimum absolute atomic E-state index is 0.0335. The van der Waals surface area contributed by atoms with Crippen LogP contribution in [0.1, 0.15) is 80.7 Å². The Labute approximate surface area is 285 Å². The zero-order valence-corrected chi connectivity index (χ0v) is 27.6. The second-order valence-corrected chi connectivity index (χ2v) is 13.8. The third kappa shape index (κ3) is 6.05. The molecule has 250 valence electrons. The van der Waals surface area contributed by atoms with E-state index in [1.807, 2.05) is 24.3 Å². The number of aromatic amines is 1. The van der Waals surface area contributed by atoms with Crippen molar-refractivity contribution in [3.05, 3.63) is 88.2 Å². The van der Waals surface area contributed by atoms with E-state index >= 15 is 0 Å². The van der Waals surface area contributed by atoms with Gasteiger partial charge in [-0.2, -0.15) is 0 Å². The summed E-state index contributed by atoms with van der Waals surface area (Å²) in [6.07, 6.45) is 2.80. The number of ketones is 1. The second kappa shape index (κ2) is 13.1. The summed E-state index contributed by atoms with van der Waals surface area (Å²) in [6, 6.07) is 14.6. The van der Waals surface area contributed by atoms with Crippen molar-refractivity contribution in [1.29, 1.82) is 0 Å². The summed E-state index contributed by atoms with van der Waals surface area (Å²) < 4.78 is 14.3. The van der Waals surface area contributed by atoms with Crippen LogP contribution in [-0.2, 0) is 27.3 Å². The number of imide groups is 2. The number of piperidine rings is 1. The van der Waals surface area contributed by atoms with E-state index < -0.39 is 35.5 Å². The van der Waals surface area contributed by atoms with E-state index in [-0.39, 0.29) is 35.7 Å². The lowest BCUT2D eigenvalue weighted by Crippen LogP contribution is -2.54. The summed E-state index contributed by atoms with van der Waals surface area (Å²) >= 11 is 1.38. The lowest BCUT2D eigenvalue weighted by molar-refractivity contribution is -0.136. The Balaban J connectivity index is 0.950. The molecule has 0 saturated carbocycles. The van der Waals surface area contributed by atoms with Gasteiger partial charge in [0, 0.05) is 59.9 Å². The number of amides is 5. The molecule has 2 aliphatic heterocycles. The first-order valence-corrected chi connectivity index (χ1v) is 17.3. The molecule has 12 heteroatoms. The first-order valence-electron chi connectivity index (χ1n) is 16.3. The molecule has 4 aromatic rings. The molecular formula is C37H33FN4O6S. The van der Waals surface area contributed by atoms with E-state index in [1.165, 1.54) is 23.9 Å². The van der Waals surface area contributed by atoms with Gasteiger partial charge in [0.05, 0.1) is 11.1 Å². The lowest BCUT2D eigenvalue weighted by atomic mass is 9.99. The number of nitrogens with zero attached hydrogens (tertiary/aromatic N) is 2. The van der Waals surface area contributed by atoms with Crippen LogP contribution in [0.25, 0.3) is 22.2 Å². The number of carbonyl (C=O) groups is 6. The number of Topliss-reactive ketones (excluding diaryl/α,β-unsaturated/α-hetero) is 1. The number of aryl methyl sites for hydroxylation is 1. The minimum atomic E-state index is -1.02. The summed E-state index contributed by atoms with van der Waals surface area (Å²) in [5, 5.41) is 3.01. The molecule has 7 rings (SSSR count). The Morgan fingerprint density at radius 1 is 0.980 bits per heavy atom. The van der Waals surface area contributed by atoms with Crippen molar-refractivity contribution in [2.75, 3.05) is 12.8 Å². The number of hydrogen-bond donors (Lipinski definition) is 2. The summed E-state index contributed by atoms with van der Waals surface area (Å²) in [4.78, 5) is 82.6. The molecule has 3 aromatic carbocycles. The van der Waals surface area contributed by atoms with Crippen molar-refractivity contribution in [3.63, 3.8) is 0 Å². The van der Waals surface area contributed by atoms with Crippen LogP contribution in [-0.4, -0.2) is 68.9 Å². The summed E-state index contributed by atoms with van der Waals surface area (Å²) in [5.41, 5.74) is 5.32. The molecule has 5 amide bonds. The zero-order valence-electron chi connectivity index (χ0n) is 26.8. The third-order valence-corrected chi connectivity index (χ3v) is 10.6. The van der Waals surface area contributed by atoms with Gasteiger partial charge < -0.3 is 9.88 Å². The molecule has 1 saturated heterocycles. The fraction of sp³-hybridized carbons (Fsp3) is 0.297. The average Bonchev–Trinajstić information content (AvgIpc) is 3.50. The molecule has 0 spiro atoms. The molecule has 1 unspecified atom stereocenters. The number of rotatable bonds is 9. The highest BCUT2D eigenvalue weighted by Gasteiger charge is 2.45. The van der Waals surface area contributed by atoms with Crippen LogP contribution >= 0.6 is 11.8 Å². The van der Waals surface area contributed by atoms with Gasteiger partial charge in [-0.3, -0.25) is 39.0 Å². The van der Waals surface area contributed by atoms with Crippen molar-refractivity contribution in [3.8, 4) is 11.3 Å². The van der Waals surface area contributed by atoms with E-state index in [2.05, 4.69) is 10.3 Å². The number of hydrogen-bond acceptors (Lipinski definition) is 7. The molecule has 1 aliphatic carbocycles. The van der Waals surface area contributed by atoms with E-state index in [0.29, 0.717) is 54.0 Å². The molecule has 0 radical (unpaired) electrons. The zero-order chi connectivity index (χ0) is 34.4. The van der Waals surface area contributed by atoms with Crippen molar-refractivity contribution in [1.82, 2.24) is 20.1 Å². The molecule has 0 bridgehead atoms. The quantitative estimate of drug-likeness (QED) is 0.137. The Morgan fingerprint density at radius 3 is 2.55 bits per heavy atom. The van der Waals surface area contributed by atoms with Crippen LogP contribution in [0.4, 0.5) is 4.39 Å². The molecule has 10 nitrogen and oxygen atoms in total. The lowest BCUT2D eigenvalue weighted by Gasteiger charge is -2.27. The highest BCUT2D eigenvalue weighted by atomic mass is 32.2. The number of carbonyl (C=O) groups excluding carboxylic acids is 6. The normalized spacial score (nSPS) is 17.4. The van der Waals surface area contributed by atoms with Crippen LogP contribution in [0.15, 0.2) is 59.5 Å². The number of nitrogens with one attached hydrogen (secondary N) is 2. The Hall–Kier alpha value is -5.10. The average molecular weight is 681 g/mol. The Morgan fingerprint density at radius 2 is 1.78 bits per heavy atom. The van der Waals surface area contributed by atoms with Gasteiger partial charge in [0.15, 0.2) is 5.78 Å². The maximum atomic E-state index is 14.3. The third-order valence-electron chi connectivity index (χ3n) is 9.41. The van der Waals surface area contributed by atoms with Crippen molar-refractivity contribution >= 4 is 58.0 Å². The minimum Gasteiger partial charge on any atom is -0.354 e. The molecule has 49 heavy (non-hydrogen) atoms. The van der Waals surface area contributed by atoms with Crippen LogP contribution in [0, 0.1) is 5.82 Å². The highest BCUT2D eigenvalue weighted by molar-refractivity contribution is 7.99. The van der Waals surface area contributed by atoms with E-state index in [9.17, 15) is 33.2 Å². The van der Waals surface area contributed by atoms with Gasteiger partial charge >= 0.3 is 0 Å². The first-order chi connectivity index (χ1) is 23.6. The highest BCUT2D eigenvalue weighted by Crippen LogP contribution is 2.38. The summed E-state index contributed by atoms with van der Waals surface area (Å²) in [7, 11) is 1.75. The van der Waals surface area contributed by atoms with E-state index in [0.717, 1.165) is 39.1 Å². The molecule has 3 heterocycles. The fourth-order valence-corrected chi connectivity index (χ4v) is 8.01. The molecular weight excluding hydrogens is 647 g/mol. The number of fused-ring (bicyclic) bond motifs is 1. The number of halogens is 1. The molecule has 1 fully saturated rings. The predicted octanol–water partition coefficient (Wildman–Crippen LogP) is 5.43. The topological polar surface area (TPSA) is 137 Å². The van der Waals surface area contributed by atoms with Gasteiger partial charge in [0.25, 0.3) is 11.8 Å². The van der Waals surface area contributed by atoms with E-state index in [4.69, 9.17) is 0 Å². The maximum absolute atomic E-state index is 14.3. The Kier molecular flexibility index (Phi) is 8.66. The van der Waals surface area contributed by atoms with Crippen LogP contribution in [0.5, 0.6) is 0 Å². The molecule has 3 aliphatic rings. The molecule has 1 atom stereocenters. The molecule has 2 N–H and O–H groups in total. The monoisotopic (exact) mass is 680 g/mol. The SMILES string of the molecule is CN(Cc1ccc(-c2[nH]c3cc(F)cc4c3c2CCCC4=O)cc1)C(=O)CCCSc1cccc2c1C(=O)N(C1CCC(=O)NC1=O)C2=O. The van der Waals surface area contributed by atoms with Crippen molar-refractivity contribution < 1.29 is 33.2 Å². The summed E-state index contributed by atoms with van der Waals surface area (Å²) in [5.74, 6) is -2.14. The van der Waals surface area contributed by atoms with Gasteiger partial charge in [-0.25, -0.2) is 4.39 Å². The molecule has 1 aromatic heterocycles. The Bertz CT molecular complexity index is 2070. The number of benzene rings is 3. The van der Waals surface area contributed by atoms with Gasteiger partial charge in [-0.1, -0.05) is 30.3 Å².